The highest BCUT2D eigenvalue weighted by molar-refractivity contribution is 6.10. The molecule has 12 aromatic carbocycles. The normalized spacial score (nSPS) is 11.2. The van der Waals surface area contributed by atoms with Crippen LogP contribution in [0.5, 0.6) is 0 Å². The minimum Gasteiger partial charge on any atom is -0.309 e. The van der Waals surface area contributed by atoms with Gasteiger partial charge in [-0.3, -0.25) is 0 Å². The van der Waals surface area contributed by atoms with Crippen LogP contribution in [0, 0.1) is 0 Å². The first kappa shape index (κ1) is 44.2. The van der Waals surface area contributed by atoms with E-state index in [1.54, 1.807) is 0 Å². The number of aromatic nitrogens is 1. The Morgan fingerprint density at radius 1 is 0.216 bits per heavy atom. The van der Waals surface area contributed by atoms with E-state index in [0.717, 1.165) is 50.6 Å². The average molecular weight is 943 g/mol. The number of para-hydroxylation sites is 4. The van der Waals surface area contributed by atoms with Gasteiger partial charge in [-0.15, -0.1) is 0 Å². The highest BCUT2D eigenvalue weighted by atomic mass is 15.1. The SMILES string of the molecule is c1ccc(-c2cc(-c3ccccc3)cc(-c3ccccc3N(c3ccc(-c4ccc5c(c4)c4ccccc4n5-c4ccccc4)cc3)c3ccccc3-c3cc(-c4ccccc4)cc(-c4ccccc4)c3)c2)cc1. The molecule has 1 aromatic heterocycles. The number of nitrogens with zero attached hydrogens (tertiary/aromatic N) is 2. The standard InChI is InChI=1S/C72H50N2/c1-6-22-51(23-7-1)57-44-58(52-24-8-2-9-25-52)47-61(46-57)65-32-16-19-35-69(65)74(70-36-20-17-33-66(70)62-48-59(53-26-10-3-11-27-53)45-60(49-62)54-28-12-4-13-29-54)64-41-38-55(39-42-64)56-40-43-72-68(50-56)67-34-18-21-37-71(67)73(72)63-30-14-5-15-31-63/h1-50H. The van der Waals surface area contributed by atoms with Crippen LogP contribution in [-0.4, -0.2) is 4.57 Å². The number of anilines is 3. The average Bonchev–Trinajstić information content (AvgIpc) is 3.82. The van der Waals surface area contributed by atoms with Crippen molar-refractivity contribution in [2.75, 3.05) is 4.90 Å². The van der Waals surface area contributed by atoms with Gasteiger partial charge in [0.2, 0.25) is 0 Å². The zero-order chi connectivity index (χ0) is 49.2. The van der Waals surface area contributed by atoms with E-state index in [2.05, 4.69) is 313 Å². The third kappa shape index (κ3) is 8.45. The Balaban J connectivity index is 1.00. The molecule has 0 aliphatic heterocycles. The van der Waals surface area contributed by atoms with E-state index in [4.69, 9.17) is 0 Å². The first-order chi connectivity index (χ1) is 36.7. The van der Waals surface area contributed by atoms with Gasteiger partial charge in [-0.2, -0.15) is 0 Å². The molecule has 13 aromatic rings. The molecule has 0 radical (unpaired) electrons. The minimum atomic E-state index is 1.06. The Morgan fingerprint density at radius 2 is 0.568 bits per heavy atom. The Hall–Kier alpha value is -9.76. The Morgan fingerprint density at radius 3 is 1.04 bits per heavy atom. The first-order valence-corrected chi connectivity index (χ1v) is 25.4. The quantitative estimate of drug-likeness (QED) is 0.125. The fraction of sp³-hybridized carbons (Fsp3) is 0. The van der Waals surface area contributed by atoms with Crippen molar-refractivity contribution in [3.05, 3.63) is 303 Å². The second kappa shape index (κ2) is 19.4. The van der Waals surface area contributed by atoms with Gasteiger partial charge in [0, 0.05) is 33.3 Å². The maximum atomic E-state index is 2.47. The van der Waals surface area contributed by atoms with Gasteiger partial charge in [0.15, 0.2) is 0 Å². The predicted molar refractivity (Wildman–Crippen MR) is 314 cm³/mol. The molecule has 0 saturated carbocycles. The molecule has 0 spiro atoms. The summed E-state index contributed by atoms with van der Waals surface area (Å²) in [6.07, 6.45) is 0. The molecule has 0 fully saturated rings. The molecule has 0 aliphatic carbocycles. The lowest BCUT2D eigenvalue weighted by atomic mass is 9.91. The molecule has 0 amide bonds. The lowest BCUT2D eigenvalue weighted by molar-refractivity contribution is 1.18. The van der Waals surface area contributed by atoms with Gasteiger partial charge in [0.25, 0.3) is 0 Å². The third-order valence-corrected chi connectivity index (χ3v) is 14.4. The Labute approximate surface area is 433 Å². The smallest absolute Gasteiger partial charge is 0.0541 e. The van der Waals surface area contributed by atoms with Gasteiger partial charge in [0.05, 0.1) is 22.4 Å². The van der Waals surface area contributed by atoms with Crippen molar-refractivity contribution in [1.82, 2.24) is 4.57 Å². The summed E-state index contributed by atoms with van der Waals surface area (Å²) in [5.74, 6) is 0. The van der Waals surface area contributed by atoms with Crippen molar-refractivity contribution in [2.24, 2.45) is 0 Å². The summed E-state index contributed by atoms with van der Waals surface area (Å²) < 4.78 is 2.38. The van der Waals surface area contributed by atoms with Crippen LogP contribution >= 0.6 is 0 Å². The highest BCUT2D eigenvalue weighted by Gasteiger charge is 2.23. The molecule has 0 N–H and O–H groups in total. The van der Waals surface area contributed by atoms with Gasteiger partial charge in [0.1, 0.15) is 0 Å². The molecule has 0 bridgehead atoms. The summed E-state index contributed by atoms with van der Waals surface area (Å²) in [6, 6.07) is 110. The van der Waals surface area contributed by atoms with Gasteiger partial charge in [-0.05, 0) is 158 Å². The van der Waals surface area contributed by atoms with Crippen molar-refractivity contribution in [3.8, 4) is 83.6 Å². The Bertz CT molecular complexity index is 3800. The van der Waals surface area contributed by atoms with Crippen LogP contribution in [0.3, 0.4) is 0 Å². The van der Waals surface area contributed by atoms with Crippen molar-refractivity contribution in [1.29, 1.82) is 0 Å². The van der Waals surface area contributed by atoms with E-state index in [0.29, 0.717) is 0 Å². The second-order valence-electron chi connectivity index (χ2n) is 18.9. The van der Waals surface area contributed by atoms with E-state index < -0.39 is 0 Å². The van der Waals surface area contributed by atoms with Gasteiger partial charge in [-0.1, -0.05) is 212 Å². The molecule has 0 unspecified atom stereocenters. The van der Waals surface area contributed by atoms with Crippen LogP contribution in [0.1, 0.15) is 0 Å². The topological polar surface area (TPSA) is 8.17 Å². The maximum Gasteiger partial charge on any atom is 0.0541 e. The summed E-state index contributed by atoms with van der Waals surface area (Å²) in [6.45, 7) is 0. The third-order valence-electron chi connectivity index (χ3n) is 14.4. The maximum absolute atomic E-state index is 2.47. The number of fused-ring (bicyclic) bond motifs is 3. The van der Waals surface area contributed by atoms with Crippen LogP contribution in [-0.2, 0) is 0 Å². The van der Waals surface area contributed by atoms with Gasteiger partial charge in [-0.25, -0.2) is 0 Å². The van der Waals surface area contributed by atoms with E-state index in [1.807, 2.05) is 0 Å². The molecule has 2 nitrogen and oxygen atoms in total. The number of benzene rings is 12. The lowest BCUT2D eigenvalue weighted by Crippen LogP contribution is -2.12. The molecule has 0 aliphatic rings. The fourth-order valence-corrected chi connectivity index (χ4v) is 10.8. The zero-order valence-corrected chi connectivity index (χ0v) is 40.8. The summed E-state index contributed by atoms with van der Waals surface area (Å²) in [4.78, 5) is 2.47. The molecule has 0 saturated heterocycles. The molecule has 2 heteroatoms. The van der Waals surface area contributed by atoms with Crippen LogP contribution in [0.4, 0.5) is 17.1 Å². The highest BCUT2D eigenvalue weighted by Crippen LogP contribution is 2.47. The van der Waals surface area contributed by atoms with E-state index in [1.165, 1.54) is 71.9 Å². The summed E-state index contributed by atoms with van der Waals surface area (Å²) in [7, 11) is 0. The summed E-state index contributed by atoms with van der Waals surface area (Å²) in [5.41, 5.74) is 23.0. The van der Waals surface area contributed by atoms with Crippen LogP contribution < -0.4 is 4.90 Å². The van der Waals surface area contributed by atoms with Crippen molar-refractivity contribution in [3.63, 3.8) is 0 Å². The first-order valence-electron chi connectivity index (χ1n) is 25.4. The van der Waals surface area contributed by atoms with Gasteiger partial charge < -0.3 is 9.47 Å². The largest absolute Gasteiger partial charge is 0.309 e. The molecular weight excluding hydrogens is 893 g/mol. The van der Waals surface area contributed by atoms with Crippen LogP contribution in [0.15, 0.2) is 303 Å². The molecule has 0 atom stereocenters. The summed E-state index contributed by atoms with van der Waals surface area (Å²) >= 11 is 0. The number of hydrogen-bond acceptors (Lipinski definition) is 1. The minimum absolute atomic E-state index is 1.06. The predicted octanol–water partition coefficient (Wildman–Crippen LogP) is 19.9. The molecule has 13 rings (SSSR count). The molecular formula is C72H50N2. The molecule has 74 heavy (non-hydrogen) atoms. The number of hydrogen-bond donors (Lipinski definition) is 0. The van der Waals surface area contributed by atoms with Crippen LogP contribution in [0.25, 0.3) is 105 Å². The van der Waals surface area contributed by atoms with Crippen molar-refractivity contribution < 1.29 is 0 Å². The number of rotatable bonds is 11. The second-order valence-corrected chi connectivity index (χ2v) is 18.9. The summed E-state index contributed by atoms with van der Waals surface area (Å²) in [5, 5.41) is 2.47. The van der Waals surface area contributed by atoms with Crippen molar-refractivity contribution in [2.45, 2.75) is 0 Å². The van der Waals surface area contributed by atoms with E-state index >= 15 is 0 Å². The lowest BCUT2D eigenvalue weighted by Gasteiger charge is -2.30. The molecule has 348 valence electrons. The fourth-order valence-electron chi connectivity index (χ4n) is 10.8. The monoisotopic (exact) mass is 942 g/mol. The van der Waals surface area contributed by atoms with Crippen LogP contribution in [0.2, 0.25) is 0 Å². The van der Waals surface area contributed by atoms with Crippen molar-refractivity contribution >= 4 is 38.9 Å². The molecule has 1 heterocycles. The van der Waals surface area contributed by atoms with Gasteiger partial charge >= 0.3 is 0 Å². The zero-order valence-electron chi connectivity index (χ0n) is 40.8. The van der Waals surface area contributed by atoms with E-state index in [-0.39, 0.29) is 0 Å². The van der Waals surface area contributed by atoms with E-state index in [9.17, 15) is 0 Å². The Kier molecular flexibility index (Phi) is 11.6.